The minimum Gasteiger partial charge on any atom is -0.359 e. The Hall–Kier alpha value is -2.74. The molecule has 0 aliphatic heterocycles. The number of nitrogens with zero attached hydrogens (tertiary/aromatic N) is 5. The fourth-order valence-electron chi connectivity index (χ4n) is 2.38. The number of hydrogen-bond acceptors (Lipinski definition) is 6. The van der Waals surface area contributed by atoms with Crippen molar-refractivity contribution in [2.24, 2.45) is 5.92 Å². The third kappa shape index (κ3) is 3.00. The van der Waals surface area contributed by atoms with Crippen molar-refractivity contribution < 1.29 is 4.92 Å². The highest BCUT2D eigenvalue weighted by Gasteiger charge is 2.23. The van der Waals surface area contributed by atoms with Crippen LogP contribution in [0, 0.1) is 16.0 Å². The van der Waals surface area contributed by atoms with Crippen molar-refractivity contribution in [2.45, 2.75) is 19.9 Å². The molecule has 0 aliphatic rings. The van der Waals surface area contributed by atoms with Crippen LogP contribution >= 0.6 is 11.6 Å². The van der Waals surface area contributed by atoms with E-state index in [0.717, 1.165) is 11.5 Å². The second-order valence-corrected chi connectivity index (χ2v) is 6.04. The van der Waals surface area contributed by atoms with E-state index >= 15 is 0 Å². The average Bonchev–Trinajstić information content (AvgIpc) is 2.97. The second-order valence-electron chi connectivity index (χ2n) is 5.63. The number of hydrogen-bond donors (Lipinski definition) is 1. The number of fused-ring (bicyclic) bond motifs is 1. The van der Waals surface area contributed by atoms with Gasteiger partial charge in [0, 0.05) is 12.3 Å². The van der Waals surface area contributed by atoms with E-state index in [1.54, 1.807) is 0 Å². The van der Waals surface area contributed by atoms with Gasteiger partial charge in [-0.05, 0) is 18.1 Å². The molecule has 0 amide bonds. The van der Waals surface area contributed by atoms with Crippen LogP contribution < -0.4 is 5.32 Å². The zero-order valence-electron chi connectivity index (χ0n) is 13.0. The molecule has 0 spiro atoms. The predicted octanol–water partition coefficient (Wildman–Crippen LogP) is 3.50. The van der Waals surface area contributed by atoms with Crippen LogP contribution in [-0.2, 0) is 0 Å². The average molecular weight is 347 g/mol. The molecule has 9 heteroatoms. The first-order chi connectivity index (χ1) is 11.5. The largest absolute Gasteiger partial charge is 0.359 e. The lowest BCUT2D eigenvalue weighted by Crippen LogP contribution is -2.20. The van der Waals surface area contributed by atoms with E-state index in [1.165, 1.54) is 12.3 Å². The molecule has 0 bridgehead atoms. The van der Waals surface area contributed by atoms with Gasteiger partial charge >= 0.3 is 0 Å². The van der Waals surface area contributed by atoms with Gasteiger partial charge in [0.2, 0.25) is 0 Å². The molecule has 3 heterocycles. The molecule has 124 valence electrons. The highest BCUT2D eigenvalue weighted by atomic mass is 35.5. The van der Waals surface area contributed by atoms with Crippen molar-refractivity contribution in [1.29, 1.82) is 0 Å². The SMILES string of the molecule is CC(C)[C@H](Nc1ncc([N+](=O)[O-])cc1Cl)c1nnc2ccccn12. The molecule has 0 unspecified atom stereocenters. The summed E-state index contributed by atoms with van der Waals surface area (Å²) in [6.07, 6.45) is 3.06. The monoisotopic (exact) mass is 346 g/mol. The normalized spacial score (nSPS) is 12.5. The maximum absolute atomic E-state index is 10.8. The van der Waals surface area contributed by atoms with Crippen LogP contribution in [0.5, 0.6) is 0 Å². The van der Waals surface area contributed by atoms with Crippen LogP contribution in [0.25, 0.3) is 5.65 Å². The van der Waals surface area contributed by atoms with E-state index in [4.69, 9.17) is 11.6 Å². The number of halogens is 1. The lowest BCUT2D eigenvalue weighted by Gasteiger charge is -2.21. The van der Waals surface area contributed by atoms with Crippen LogP contribution in [-0.4, -0.2) is 24.5 Å². The van der Waals surface area contributed by atoms with E-state index in [2.05, 4.69) is 20.5 Å². The summed E-state index contributed by atoms with van der Waals surface area (Å²) in [5, 5.41) is 22.6. The highest BCUT2D eigenvalue weighted by molar-refractivity contribution is 6.33. The number of pyridine rings is 2. The Labute approximate surface area is 142 Å². The van der Waals surface area contributed by atoms with E-state index in [9.17, 15) is 10.1 Å². The fraction of sp³-hybridized carbons (Fsp3) is 0.267. The summed E-state index contributed by atoms with van der Waals surface area (Å²) in [6.45, 7) is 4.06. The Morgan fingerprint density at radius 3 is 2.79 bits per heavy atom. The van der Waals surface area contributed by atoms with E-state index in [0.29, 0.717) is 5.82 Å². The minimum absolute atomic E-state index is 0.153. The summed E-state index contributed by atoms with van der Waals surface area (Å²) < 4.78 is 1.89. The van der Waals surface area contributed by atoms with Gasteiger partial charge in [-0.1, -0.05) is 31.5 Å². The molecule has 3 aromatic heterocycles. The van der Waals surface area contributed by atoms with Crippen LogP contribution in [0.2, 0.25) is 5.02 Å². The Bertz CT molecular complexity index is 895. The zero-order chi connectivity index (χ0) is 17.3. The van der Waals surface area contributed by atoms with Crippen LogP contribution in [0.3, 0.4) is 0 Å². The number of anilines is 1. The summed E-state index contributed by atoms with van der Waals surface area (Å²) in [4.78, 5) is 14.3. The summed E-state index contributed by atoms with van der Waals surface area (Å²) >= 11 is 6.13. The van der Waals surface area contributed by atoms with Crippen LogP contribution in [0.15, 0.2) is 36.7 Å². The molecule has 0 aliphatic carbocycles. The molecule has 3 aromatic rings. The fourth-order valence-corrected chi connectivity index (χ4v) is 2.60. The van der Waals surface area contributed by atoms with Gasteiger partial charge in [0.1, 0.15) is 12.0 Å². The maximum Gasteiger partial charge on any atom is 0.289 e. The lowest BCUT2D eigenvalue weighted by atomic mass is 10.0. The number of rotatable bonds is 5. The molecule has 1 atom stereocenters. The highest BCUT2D eigenvalue weighted by Crippen LogP contribution is 2.30. The van der Waals surface area contributed by atoms with Crippen molar-refractivity contribution in [2.75, 3.05) is 5.32 Å². The molecule has 1 N–H and O–H groups in total. The molecule has 0 radical (unpaired) electrons. The van der Waals surface area contributed by atoms with Crippen LogP contribution in [0.1, 0.15) is 25.7 Å². The van der Waals surface area contributed by atoms with Gasteiger partial charge in [-0.2, -0.15) is 0 Å². The number of aromatic nitrogens is 4. The van der Waals surface area contributed by atoms with E-state index in [1.807, 2.05) is 42.6 Å². The first-order valence-corrected chi connectivity index (χ1v) is 7.71. The van der Waals surface area contributed by atoms with Gasteiger partial charge in [0.15, 0.2) is 11.5 Å². The quantitative estimate of drug-likeness (QED) is 0.560. The molecule has 3 rings (SSSR count). The summed E-state index contributed by atoms with van der Waals surface area (Å²) in [5.74, 6) is 1.25. The zero-order valence-corrected chi connectivity index (χ0v) is 13.8. The molecule has 24 heavy (non-hydrogen) atoms. The van der Waals surface area contributed by atoms with Gasteiger partial charge in [-0.3, -0.25) is 14.5 Å². The standard InChI is InChI=1S/C15H15ClN6O2/c1-9(2)13(15-20-19-12-5-3-4-6-21(12)15)18-14-11(16)7-10(8-17-14)22(23)24/h3-9,13H,1-2H3,(H,17,18)/t13-/m0/s1. The predicted molar refractivity (Wildman–Crippen MR) is 90.1 cm³/mol. The van der Waals surface area contributed by atoms with Gasteiger partial charge in [-0.15, -0.1) is 10.2 Å². The smallest absolute Gasteiger partial charge is 0.289 e. The molecule has 0 saturated carbocycles. The van der Waals surface area contributed by atoms with Crippen molar-refractivity contribution in [3.05, 3.63) is 57.6 Å². The molecular formula is C15H15ClN6O2. The number of nitrogens with one attached hydrogen (secondary N) is 1. The molecule has 0 saturated heterocycles. The second kappa shape index (κ2) is 6.40. The third-order valence-corrected chi connectivity index (χ3v) is 3.90. The summed E-state index contributed by atoms with van der Waals surface area (Å²) in [5.41, 5.74) is 0.585. The molecular weight excluding hydrogens is 332 g/mol. The molecule has 8 nitrogen and oxygen atoms in total. The number of nitro groups is 1. The first kappa shape index (κ1) is 16.1. The third-order valence-electron chi connectivity index (χ3n) is 3.61. The Balaban J connectivity index is 1.97. The molecule has 0 fully saturated rings. The van der Waals surface area contributed by atoms with Crippen molar-refractivity contribution >= 4 is 28.8 Å². The minimum atomic E-state index is -0.533. The topological polar surface area (TPSA) is 98.2 Å². The van der Waals surface area contributed by atoms with Gasteiger partial charge in [0.25, 0.3) is 5.69 Å². The summed E-state index contributed by atoms with van der Waals surface area (Å²) in [7, 11) is 0. The molecule has 0 aromatic carbocycles. The Morgan fingerprint density at radius 2 is 2.12 bits per heavy atom. The Morgan fingerprint density at radius 1 is 1.33 bits per heavy atom. The first-order valence-electron chi connectivity index (χ1n) is 7.33. The maximum atomic E-state index is 10.8. The van der Waals surface area contributed by atoms with Gasteiger partial charge in [-0.25, -0.2) is 4.98 Å². The van der Waals surface area contributed by atoms with Crippen molar-refractivity contribution in [3.8, 4) is 0 Å². The lowest BCUT2D eigenvalue weighted by molar-refractivity contribution is -0.385. The van der Waals surface area contributed by atoms with Crippen LogP contribution in [0.4, 0.5) is 11.5 Å². The van der Waals surface area contributed by atoms with Crippen molar-refractivity contribution in [3.63, 3.8) is 0 Å². The van der Waals surface area contributed by atoms with Crippen molar-refractivity contribution in [1.82, 2.24) is 19.6 Å². The van der Waals surface area contributed by atoms with Gasteiger partial charge < -0.3 is 5.32 Å². The Kier molecular flexibility index (Phi) is 4.30. The summed E-state index contributed by atoms with van der Waals surface area (Å²) in [6, 6.07) is 6.71. The van der Waals surface area contributed by atoms with E-state index < -0.39 is 4.92 Å². The van der Waals surface area contributed by atoms with Gasteiger partial charge in [0.05, 0.1) is 16.0 Å². The van der Waals surface area contributed by atoms with E-state index in [-0.39, 0.29) is 22.7 Å².